The van der Waals surface area contributed by atoms with Crippen LogP contribution < -0.4 is 0 Å². The van der Waals surface area contributed by atoms with E-state index in [1.165, 1.54) is 109 Å². The SMILES string of the molecule is CC/C=C\C/C=C\C/C=C\C/C=C\C/C=C\CC(=O)OC(COC(=O)CCCCCC/C=C\C/C=C\C/C=C\C/C=C\CC)COP(=O)(O)OCC(O)COP(=O)(O)OCC(COC(=O)CCCCCCCCCCCCCCC)OC(=O)CCCCCCCCCCCCCCC. The molecule has 0 aromatic rings. The molecule has 5 unspecified atom stereocenters. The van der Waals surface area contributed by atoms with Crippen molar-refractivity contribution in [2.24, 2.45) is 0 Å². The van der Waals surface area contributed by atoms with Gasteiger partial charge < -0.3 is 33.8 Å². The van der Waals surface area contributed by atoms with Gasteiger partial charge in [-0.25, -0.2) is 9.13 Å². The maximum Gasteiger partial charge on any atom is 0.472 e. The molecule has 0 saturated heterocycles. The van der Waals surface area contributed by atoms with E-state index < -0.39 is 97.5 Å². The Labute approximate surface area is 594 Å². The van der Waals surface area contributed by atoms with Crippen LogP contribution in [0, 0.1) is 0 Å². The van der Waals surface area contributed by atoms with Crippen LogP contribution in [0.1, 0.15) is 310 Å². The molecule has 0 radical (unpaired) electrons. The van der Waals surface area contributed by atoms with Crippen LogP contribution in [-0.4, -0.2) is 96.7 Å². The lowest BCUT2D eigenvalue weighted by atomic mass is 10.0. The Morgan fingerprint density at radius 1 is 0.306 bits per heavy atom. The maximum absolute atomic E-state index is 13.1. The van der Waals surface area contributed by atoms with Crippen LogP contribution in [0.5, 0.6) is 0 Å². The molecule has 0 heterocycles. The normalized spacial score (nSPS) is 14.6. The highest BCUT2D eigenvalue weighted by atomic mass is 31.2. The number of carbonyl (C=O) groups excluding carboxylic acids is 4. The van der Waals surface area contributed by atoms with Gasteiger partial charge in [0.2, 0.25) is 0 Å². The molecule has 0 fully saturated rings. The third kappa shape index (κ3) is 70.2. The summed E-state index contributed by atoms with van der Waals surface area (Å²) in [6.45, 7) is 4.52. The summed E-state index contributed by atoms with van der Waals surface area (Å²) in [5.74, 6) is -2.34. The predicted octanol–water partition coefficient (Wildman–Crippen LogP) is 21.8. The van der Waals surface area contributed by atoms with Crippen LogP contribution in [0.3, 0.4) is 0 Å². The zero-order chi connectivity index (χ0) is 71.8. The quantitative estimate of drug-likeness (QED) is 0.0169. The number of aliphatic hydroxyl groups is 1. The van der Waals surface area contributed by atoms with Gasteiger partial charge in [-0.2, -0.15) is 0 Å². The van der Waals surface area contributed by atoms with Crippen molar-refractivity contribution in [3.63, 3.8) is 0 Å². The molecule has 3 N–H and O–H groups in total. The topological polar surface area (TPSA) is 237 Å². The first-order chi connectivity index (χ1) is 47.7. The van der Waals surface area contributed by atoms with Crippen molar-refractivity contribution >= 4 is 39.5 Å². The Morgan fingerprint density at radius 2 is 0.571 bits per heavy atom. The van der Waals surface area contributed by atoms with Gasteiger partial charge in [-0.15, -0.1) is 0 Å². The van der Waals surface area contributed by atoms with Crippen molar-refractivity contribution in [1.29, 1.82) is 0 Å². The fourth-order valence-electron chi connectivity index (χ4n) is 10.1. The summed E-state index contributed by atoms with van der Waals surface area (Å²) >= 11 is 0. The molecule has 0 spiro atoms. The van der Waals surface area contributed by atoms with Gasteiger partial charge in [-0.3, -0.25) is 37.3 Å². The first kappa shape index (κ1) is 93.7. The van der Waals surface area contributed by atoms with Gasteiger partial charge in [0.1, 0.15) is 19.3 Å². The fourth-order valence-corrected chi connectivity index (χ4v) is 11.6. The molecule has 0 amide bonds. The Hall–Kier alpha value is -4.28. The molecule has 19 heteroatoms. The van der Waals surface area contributed by atoms with Gasteiger partial charge in [0.15, 0.2) is 12.2 Å². The number of esters is 4. The summed E-state index contributed by atoms with van der Waals surface area (Å²) < 4.78 is 68.3. The molecular formula is C79H136O17P2. The van der Waals surface area contributed by atoms with E-state index in [1.54, 1.807) is 12.2 Å². The van der Waals surface area contributed by atoms with Crippen LogP contribution in [0.2, 0.25) is 0 Å². The number of phosphoric ester groups is 2. The second kappa shape index (κ2) is 71.1. The summed E-state index contributed by atoms with van der Waals surface area (Å²) in [5, 5.41) is 10.6. The van der Waals surface area contributed by atoms with Crippen molar-refractivity contribution < 1.29 is 80.2 Å². The molecule has 0 aliphatic heterocycles. The number of hydrogen-bond donors (Lipinski definition) is 3. The monoisotopic (exact) mass is 1420 g/mol. The van der Waals surface area contributed by atoms with Crippen molar-refractivity contribution in [2.45, 2.75) is 329 Å². The number of unbranched alkanes of at least 4 members (excludes halogenated alkanes) is 28. The van der Waals surface area contributed by atoms with Crippen LogP contribution in [-0.2, 0) is 65.4 Å². The first-order valence-corrected chi connectivity index (χ1v) is 41.1. The van der Waals surface area contributed by atoms with E-state index in [9.17, 15) is 43.2 Å². The molecule has 0 aromatic carbocycles. The zero-order valence-corrected chi connectivity index (χ0v) is 63.2. The van der Waals surface area contributed by atoms with Gasteiger partial charge in [-0.05, 0) is 89.9 Å². The second-order valence-electron chi connectivity index (χ2n) is 25.2. The number of rotatable bonds is 71. The van der Waals surface area contributed by atoms with Gasteiger partial charge >= 0.3 is 39.5 Å². The highest BCUT2D eigenvalue weighted by Gasteiger charge is 2.30. The number of aliphatic hydroxyl groups excluding tert-OH is 1. The number of phosphoric acid groups is 2. The highest BCUT2D eigenvalue weighted by Crippen LogP contribution is 2.45. The summed E-state index contributed by atoms with van der Waals surface area (Å²) in [6, 6.07) is 0. The van der Waals surface area contributed by atoms with Crippen molar-refractivity contribution in [3.05, 3.63) is 109 Å². The van der Waals surface area contributed by atoms with Gasteiger partial charge in [-0.1, -0.05) is 304 Å². The molecular weight excluding hydrogens is 1280 g/mol. The van der Waals surface area contributed by atoms with Crippen LogP contribution in [0.4, 0.5) is 0 Å². The minimum absolute atomic E-state index is 0.0967. The molecule has 5 atom stereocenters. The second-order valence-corrected chi connectivity index (χ2v) is 28.1. The number of hydrogen-bond acceptors (Lipinski definition) is 15. The largest absolute Gasteiger partial charge is 0.472 e. The Morgan fingerprint density at radius 3 is 0.908 bits per heavy atom. The summed E-state index contributed by atoms with van der Waals surface area (Å²) in [7, 11) is -9.98. The Bertz CT molecular complexity index is 2290. The van der Waals surface area contributed by atoms with Crippen molar-refractivity contribution in [3.8, 4) is 0 Å². The molecule has 0 rings (SSSR count). The van der Waals surface area contributed by atoms with Crippen molar-refractivity contribution in [2.75, 3.05) is 39.6 Å². The number of ether oxygens (including phenoxy) is 4. The predicted molar refractivity (Wildman–Crippen MR) is 399 cm³/mol. The van der Waals surface area contributed by atoms with Gasteiger partial charge in [0.25, 0.3) is 0 Å². The Balaban J connectivity index is 5.42. The van der Waals surface area contributed by atoms with Gasteiger partial charge in [0.05, 0.1) is 32.8 Å². The minimum Gasteiger partial charge on any atom is -0.462 e. The molecule has 564 valence electrons. The molecule has 0 aliphatic carbocycles. The molecule has 0 aliphatic rings. The standard InChI is InChI=1S/C79H136O17P2/c1-5-9-13-17-21-25-29-33-35-36-38-41-44-48-52-56-60-64-77(82)90-70-75(96-79(84)66-62-58-54-50-46-42-37-34-30-26-22-18-14-10-6-2)72-94-98(87,88)92-68-73(80)67-91-97(85,86)93-71-74(95-78(83)65-61-57-53-49-45-40-32-28-24-20-16-12-8-4)69-89-76(81)63-59-55-51-47-43-39-31-27-23-19-15-11-7-3/h9-10,13-14,21-22,25-26,33-35,37-38,41,46,50,58,62,73-75,80H,5-8,11-12,15-20,23-24,27-32,36,39-40,42-45,47-49,51-57,59-61,63-72H2,1-4H3,(H,85,86)(H,87,88)/b13-9-,14-10-,25-21-,26-22-,35-33-,37-34-,41-38-,50-46-,62-58-. The highest BCUT2D eigenvalue weighted by molar-refractivity contribution is 7.47. The van der Waals surface area contributed by atoms with E-state index >= 15 is 0 Å². The summed E-state index contributed by atoms with van der Waals surface area (Å²) in [4.78, 5) is 72.8. The smallest absolute Gasteiger partial charge is 0.462 e. The molecule has 0 bridgehead atoms. The lowest BCUT2D eigenvalue weighted by molar-refractivity contribution is -0.161. The molecule has 98 heavy (non-hydrogen) atoms. The van der Waals surface area contributed by atoms with E-state index in [0.717, 1.165) is 122 Å². The minimum atomic E-state index is -5.00. The van der Waals surface area contributed by atoms with Crippen LogP contribution in [0.25, 0.3) is 0 Å². The molecule has 0 saturated carbocycles. The van der Waals surface area contributed by atoms with Crippen LogP contribution in [0.15, 0.2) is 109 Å². The summed E-state index contributed by atoms with van der Waals surface area (Å²) in [6.07, 6.45) is 75.4. The third-order valence-corrected chi connectivity index (χ3v) is 17.7. The lowest BCUT2D eigenvalue weighted by Gasteiger charge is -2.21. The maximum atomic E-state index is 13.1. The lowest BCUT2D eigenvalue weighted by Crippen LogP contribution is -2.30. The van der Waals surface area contributed by atoms with E-state index in [0.29, 0.717) is 25.7 Å². The fraction of sp³-hybridized carbons (Fsp3) is 0.722. The molecule has 17 nitrogen and oxygen atoms in total. The van der Waals surface area contributed by atoms with Gasteiger partial charge in [0, 0.05) is 19.3 Å². The van der Waals surface area contributed by atoms with E-state index in [-0.39, 0.29) is 25.7 Å². The van der Waals surface area contributed by atoms with Crippen molar-refractivity contribution in [1.82, 2.24) is 0 Å². The summed E-state index contributed by atoms with van der Waals surface area (Å²) in [5.41, 5.74) is 0. The average Bonchev–Trinajstić information content (AvgIpc) is 1.02. The average molecular weight is 1420 g/mol. The van der Waals surface area contributed by atoms with E-state index in [1.807, 2.05) is 12.2 Å². The number of allylic oxidation sites excluding steroid dienone is 17. The van der Waals surface area contributed by atoms with Crippen LogP contribution >= 0.6 is 15.6 Å². The molecule has 0 aromatic heterocycles. The van der Waals surface area contributed by atoms with E-state index in [4.69, 9.17) is 37.0 Å². The zero-order valence-electron chi connectivity index (χ0n) is 61.4. The number of carbonyl (C=O) groups is 4. The third-order valence-electron chi connectivity index (χ3n) is 15.8. The Kier molecular flexibility index (Phi) is 68.0. The first-order valence-electron chi connectivity index (χ1n) is 38.1. The van der Waals surface area contributed by atoms with E-state index in [2.05, 4.69) is 113 Å².